The van der Waals surface area contributed by atoms with Crippen molar-refractivity contribution < 1.29 is 10.0 Å². The summed E-state index contributed by atoms with van der Waals surface area (Å²) in [6, 6.07) is 0. The Morgan fingerprint density at radius 2 is 0.875 bits per heavy atom. The third kappa shape index (κ3) is 19.8. The minimum Gasteiger partial charge on any atom is -0.289 e. The Labute approximate surface area is 154 Å². The second-order valence-electron chi connectivity index (χ2n) is 6.98. The van der Waals surface area contributed by atoms with Gasteiger partial charge >= 0.3 is 0 Å². The quantitative estimate of drug-likeness (QED) is 0.116. The molecule has 0 saturated carbocycles. The highest BCUT2D eigenvalue weighted by Crippen LogP contribution is 2.14. The van der Waals surface area contributed by atoms with Crippen molar-refractivity contribution >= 4 is 17.5 Å². The number of alkyl halides is 1. The molecule has 4 heteroatoms. The van der Waals surface area contributed by atoms with E-state index in [1.54, 1.807) is 5.48 Å². The van der Waals surface area contributed by atoms with Crippen LogP contribution < -0.4 is 5.48 Å². The molecule has 0 radical (unpaired) electrons. The average molecular weight is 362 g/mol. The molecule has 0 aliphatic heterocycles. The lowest BCUT2D eigenvalue weighted by Gasteiger charge is -2.03. The third-order valence-corrected chi connectivity index (χ3v) is 4.93. The summed E-state index contributed by atoms with van der Waals surface area (Å²) in [6.45, 7) is 0. The molecule has 144 valence electrons. The first-order chi connectivity index (χ1) is 11.8. The summed E-state index contributed by atoms with van der Waals surface area (Å²) >= 11 is 5.67. The van der Waals surface area contributed by atoms with Gasteiger partial charge in [-0.15, -0.1) is 11.6 Å². The molecule has 1 amide bonds. The van der Waals surface area contributed by atoms with Gasteiger partial charge in [-0.3, -0.25) is 10.0 Å². The van der Waals surface area contributed by atoms with Crippen LogP contribution >= 0.6 is 11.6 Å². The van der Waals surface area contributed by atoms with Gasteiger partial charge in [-0.2, -0.15) is 0 Å². The van der Waals surface area contributed by atoms with E-state index in [0.29, 0.717) is 6.42 Å². The van der Waals surface area contributed by atoms with Crippen molar-refractivity contribution in [3.05, 3.63) is 0 Å². The van der Waals surface area contributed by atoms with Crippen LogP contribution in [0.2, 0.25) is 0 Å². The fourth-order valence-corrected chi connectivity index (χ4v) is 3.28. The van der Waals surface area contributed by atoms with Gasteiger partial charge in [0.05, 0.1) is 0 Å². The van der Waals surface area contributed by atoms with Gasteiger partial charge in [0.25, 0.3) is 0 Å². The summed E-state index contributed by atoms with van der Waals surface area (Å²) in [5.74, 6) is 0.560. The molecule has 0 aromatic heterocycles. The van der Waals surface area contributed by atoms with E-state index in [2.05, 4.69) is 0 Å². The van der Waals surface area contributed by atoms with Gasteiger partial charge in [-0.05, 0) is 12.8 Å². The zero-order chi connectivity index (χ0) is 17.7. The van der Waals surface area contributed by atoms with Crippen LogP contribution in [0.1, 0.15) is 116 Å². The molecule has 0 fully saturated rings. The van der Waals surface area contributed by atoms with Gasteiger partial charge in [0, 0.05) is 12.3 Å². The Hall–Kier alpha value is -0.280. The topological polar surface area (TPSA) is 49.3 Å². The van der Waals surface area contributed by atoms with Crippen molar-refractivity contribution in [3.8, 4) is 0 Å². The summed E-state index contributed by atoms with van der Waals surface area (Å²) in [7, 11) is 0. The number of halogens is 1. The molecule has 0 aromatic carbocycles. The van der Waals surface area contributed by atoms with Crippen LogP contribution in [0.25, 0.3) is 0 Å². The lowest BCUT2D eigenvalue weighted by molar-refractivity contribution is -0.129. The fourth-order valence-electron chi connectivity index (χ4n) is 3.09. The van der Waals surface area contributed by atoms with E-state index in [0.717, 1.165) is 18.7 Å². The lowest BCUT2D eigenvalue weighted by atomic mass is 10.0. The molecule has 0 unspecified atom stereocenters. The zero-order valence-corrected chi connectivity index (χ0v) is 16.4. The molecule has 0 rings (SSSR count). The minimum atomic E-state index is -0.263. The molecular weight excluding hydrogens is 322 g/mol. The molecule has 0 aliphatic rings. The Morgan fingerprint density at radius 3 is 1.17 bits per heavy atom. The number of hydrogen-bond donors (Lipinski definition) is 2. The molecule has 0 aliphatic carbocycles. The van der Waals surface area contributed by atoms with Crippen molar-refractivity contribution in [1.82, 2.24) is 5.48 Å². The van der Waals surface area contributed by atoms with Crippen molar-refractivity contribution in [2.24, 2.45) is 0 Å². The second-order valence-corrected chi connectivity index (χ2v) is 7.36. The molecule has 3 nitrogen and oxygen atoms in total. The van der Waals surface area contributed by atoms with E-state index in [1.165, 1.54) is 96.3 Å². The molecule has 0 spiro atoms. The fraction of sp³-hybridized carbons (Fsp3) is 0.950. The van der Waals surface area contributed by atoms with Gasteiger partial charge in [0.1, 0.15) is 0 Å². The van der Waals surface area contributed by atoms with Crippen LogP contribution in [0.5, 0.6) is 0 Å². The molecule has 0 atom stereocenters. The molecule has 0 aromatic rings. The maximum atomic E-state index is 10.8. The van der Waals surface area contributed by atoms with Crippen LogP contribution in [-0.4, -0.2) is 17.0 Å². The van der Waals surface area contributed by atoms with E-state index in [1.807, 2.05) is 0 Å². The molecule has 0 saturated heterocycles. The highest BCUT2D eigenvalue weighted by atomic mass is 35.5. The summed E-state index contributed by atoms with van der Waals surface area (Å²) in [5, 5.41) is 8.37. The third-order valence-electron chi connectivity index (χ3n) is 4.66. The number of hydrogen-bond acceptors (Lipinski definition) is 2. The number of amides is 1. The van der Waals surface area contributed by atoms with Gasteiger partial charge in [-0.25, -0.2) is 5.48 Å². The van der Waals surface area contributed by atoms with Crippen LogP contribution in [0.3, 0.4) is 0 Å². The van der Waals surface area contributed by atoms with E-state index >= 15 is 0 Å². The number of unbranched alkanes of at least 4 members (excludes halogenated alkanes) is 16. The van der Waals surface area contributed by atoms with E-state index in [-0.39, 0.29) is 5.91 Å². The summed E-state index contributed by atoms with van der Waals surface area (Å²) in [6.07, 6.45) is 22.7. The molecule has 24 heavy (non-hydrogen) atoms. The number of rotatable bonds is 19. The monoisotopic (exact) mass is 361 g/mol. The summed E-state index contributed by atoms with van der Waals surface area (Å²) in [5.41, 5.74) is 1.68. The highest BCUT2D eigenvalue weighted by Gasteiger charge is 1.98. The Bertz CT molecular complexity index is 262. The predicted molar refractivity (Wildman–Crippen MR) is 104 cm³/mol. The van der Waals surface area contributed by atoms with Crippen LogP contribution in [0, 0.1) is 0 Å². The molecule has 0 heterocycles. The Morgan fingerprint density at radius 1 is 0.583 bits per heavy atom. The van der Waals surface area contributed by atoms with Crippen molar-refractivity contribution in [2.75, 3.05) is 5.88 Å². The first-order valence-electron chi connectivity index (χ1n) is 10.3. The minimum absolute atomic E-state index is 0.263. The second kappa shape index (κ2) is 20.8. The van der Waals surface area contributed by atoms with E-state index < -0.39 is 0 Å². The molecule has 0 bridgehead atoms. The standard InChI is InChI=1S/C20H40ClNO2/c21-19-17-15-13-11-9-7-5-3-1-2-4-6-8-10-12-14-16-18-20(23)22-24/h24H,1-19H2,(H,22,23). The van der Waals surface area contributed by atoms with Gasteiger partial charge in [0.2, 0.25) is 5.91 Å². The van der Waals surface area contributed by atoms with Crippen LogP contribution in [-0.2, 0) is 4.79 Å². The van der Waals surface area contributed by atoms with Crippen molar-refractivity contribution in [2.45, 2.75) is 116 Å². The SMILES string of the molecule is O=C(CCCCCCCCCCCCCCCCCCCCl)NO. The van der Waals surface area contributed by atoms with Gasteiger partial charge < -0.3 is 0 Å². The predicted octanol–water partition coefficient (Wildman–Crippen LogP) is 6.75. The first kappa shape index (κ1) is 23.7. The Balaban J connectivity index is 2.99. The molecule has 2 N–H and O–H groups in total. The lowest BCUT2D eigenvalue weighted by Crippen LogP contribution is -2.17. The maximum Gasteiger partial charge on any atom is 0.243 e. The smallest absolute Gasteiger partial charge is 0.243 e. The summed E-state index contributed by atoms with van der Waals surface area (Å²) < 4.78 is 0. The van der Waals surface area contributed by atoms with Crippen LogP contribution in [0.15, 0.2) is 0 Å². The number of hydroxylamine groups is 1. The normalized spacial score (nSPS) is 10.9. The van der Waals surface area contributed by atoms with Crippen LogP contribution in [0.4, 0.5) is 0 Å². The number of carbonyl (C=O) groups excluding carboxylic acids is 1. The van der Waals surface area contributed by atoms with Crippen molar-refractivity contribution in [3.63, 3.8) is 0 Å². The number of carbonyl (C=O) groups is 1. The van der Waals surface area contributed by atoms with E-state index in [4.69, 9.17) is 16.8 Å². The van der Waals surface area contributed by atoms with E-state index in [9.17, 15) is 4.79 Å². The van der Waals surface area contributed by atoms with Gasteiger partial charge in [0.15, 0.2) is 0 Å². The van der Waals surface area contributed by atoms with Crippen molar-refractivity contribution in [1.29, 1.82) is 0 Å². The maximum absolute atomic E-state index is 10.8. The first-order valence-corrected chi connectivity index (χ1v) is 10.8. The highest BCUT2D eigenvalue weighted by molar-refractivity contribution is 6.17. The van der Waals surface area contributed by atoms with Gasteiger partial charge in [-0.1, -0.05) is 96.3 Å². The summed E-state index contributed by atoms with van der Waals surface area (Å²) in [4.78, 5) is 10.8. The Kier molecular flexibility index (Phi) is 20.5. The largest absolute Gasteiger partial charge is 0.289 e. The molecular formula is C20H40ClNO2. The number of nitrogens with one attached hydrogen (secondary N) is 1. The average Bonchev–Trinajstić information content (AvgIpc) is 2.60. The zero-order valence-electron chi connectivity index (χ0n) is 15.7.